The highest BCUT2D eigenvalue weighted by Gasteiger charge is 2.10. The normalized spacial score (nSPS) is 10.8. The van der Waals surface area contributed by atoms with Gasteiger partial charge in [0.25, 0.3) is 0 Å². The molecule has 0 fully saturated rings. The first-order chi connectivity index (χ1) is 13.7. The molecule has 0 saturated heterocycles. The van der Waals surface area contributed by atoms with Crippen LogP contribution in [0.15, 0.2) is 72.8 Å². The molecule has 0 unspecified atom stereocenters. The Bertz CT molecular complexity index is 1100. The maximum atomic E-state index is 14.0. The van der Waals surface area contributed by atoms with Gasteiger partial charge >= 0.3 is 0 Å². The van der Waals surface area contributed by atoms with Gasteiger partial charge in [-0.25, -0.2) is 13.8 Å². The van der Waals surface area contributed by atoms with Gasteiger partial charge in [0.15, 0.2) is 0 Å². The fourth-order valence-electron chi connectivity index (χ4n) is 2.95. The lowest BCUT2D eigenvalue weighted by molar-refractivity contribution is 0.586. The molecule has 0 aliphatic carbocycles. The van der Waals surface area contributed by atoms with Crippen LogP contribution in [-0.2, 0) is 6.42 Å². The topological polar surface area (TPSA) is 49.8 Å². The zero-order chi connectivity index (χ0) is 19.3. The fraction of sp³-hybridized carbons (Fsp3) is 0.0909. The van der Waals surface area contributed by atoms with Gasteiger partial charge in [0.1, 0.15) is 17.5 Å². The van der Waals surface area contributed by atoms with Crippen molar-refractivity contribution in [2.75, 3.05) is 17.2 Å². The summed E-state index contributed by atoms with van der Waals surface area (Å²) in [6.07, 6.45) is 0.842. The molecule has 4 rings (SSSR count). The molecule has 0 amide bonds. The second-order valence-electron chi connectivity index (χ2n) is 6.32. The van der Waals surface area contributed by atoms with Gasteiger partial charge in [-0.2, -0.15) is 4.98 Å². The number of anilines is 3. The van der Waals surface area contributed by atoms with E-state index in [1.54, 1.807) is 0 Å². The minimum Gasteiger partial charge on any atom is -0.369 e. The summed E-state index contributed by atoms with van der Waals surface area (Å²) in [4.78, 5) is 8.94. The van der Waals surface area contributed by atoms with Crippen LogP contribution in [0.5, 0.6) is 0 Å². The van der Waals surface area contributed by atoms with Gasteiger partial charge in [0, 0.05) is 18.0 Å². The number of hydrogen-bond acceptors (Lipinski definition) is 4. The zero-order valence-corrected chi connectivity index (χ0v) is 15.0. The van der Waals surface area contributed by atoms with E-state index in [0.29, 0.717) is 12.4 Å². The predicted molar refractivity (Wildman–Crippen MR) is 108 cm³/mol. The highest BCUT2D eigenvalue weighted by Crippen LogP contribution is 2.25. The Labute approximate surface area is 161 Å². The summed E-state index contributed by atoms with van der Waals surface area (Å²) in [5.74, 6) is -0.431. The van der Waals surface area contributed by atoms with Gasteiger partial charge in [-0.3, -0.25) is 0 Å². The molecule has 0 radical (unpaired) electrons. The van der Waals surface area contributed by atoms with Crippen LogP contribution < -0.4 is 10.6 Å². The Balaban J connectivity index is 1.59. The van der Waals surface area contributed by atoms with E-state index < -0.39 is 11.6 Å². The van der Waals surface area contributed by atoms with E-state index in [0.717, 1.165) is 23.4 Å². The van der Waals surface area contributed by atoms with Crippen LogP contribution >= 0.6 is 0 Å². The molecule has 0 bridgehead atoms. The molecule has 0 spiro atoms. The van der Waals surface area contributed by atoms with E-state index in [9.17, 15) is 8.78 Å². The highest BCUT2D eigenvalue weighted by atomic mass is 19.1. The molecule has 28 heavy (non-hydrogen) atoms. The fourth-order valence-corrected chi connectivity index (χ4v) is 2.95. The Morgan fingerprint density at radius 1 is 0.821 bits per heavy atom. The van der Waals surface area contributed by atoms with E-state index >= 15 is 0 Å². The summed E-state index contributed by atoms with van der Waals surface area (Å²) in [6.45, 7) is 0.690. The quantitative estimate of drug-likeness (QED) is 0.479. The van der Waals surface area contributed by atoms with Crippen LogP contribution in [0.1, 0.15) is 5.56 Å². The molecule has 4 nitrogen and oxygen atoms in total. The van der Waals surface area contributed by atoms with Crippen molar-refractivity contribution in [2.24, 2.45) is 0 Å². The SMILES string of the molecule is Fc1ccc(Nc2nc(NCCc3ccccc3)c3ccccc3n2)c(F)c1. The first kappa shape index (κ1) is 17.9. The number of fused-ring (bicyclic) bond motifs is 1. The molecule has 1 aromatic heterocycles. The first-order valence-electron chi connectivity index (χ1n) is 8.96. The second-order valence-corrected chi connectivity index (χ2v) is 6.32. The number of benzene rings is 3. The van der Waals surface area contributed by atoms with Crippen molar-refractivity contribution in [1.29, 1.82) is 0 Å². The van der Waals surface area contributed by atoms with Crippen LogP contribution in [0, 0.1) is 11.6 Å². The molecular formula is C22H18F2N4. The lowest BCUT2D eigenvalue weighted by atomic mass is 10.1. The van der Waals surface area contributed by atoms with Crippen molar-refractivity contribution in [3.8, 4) is 0 Å². The van der Waals surface area contributed by atoms with Crippen molar-refractivity contribution in [2.45, 2.75) is 6.42 Å². The maximum Gasteiger partial charge on any atom is 0.229 e. The number of nitrogens with zero attached hydrogens (tertiary/aromatic N) is 2. The number of hydrogen-bond donors (Lipinski definition) is 2. The van der Waals surface area contributed by atoms with Gasteiger partial charge in [-0.1, -0.05) is 42.5 Å². The second kappa shape index (κ2) is 8.00. The first-order valence-corrected chi connectivity index (χ1v) is 8.96. The molecule has 0 aliphatic rings. The molecule has 6 heteroatoms. The van der Waals surface area contributed by atoms with E-state index in [-0.39, 0.29) is 11.6 Å². The van der Waals surface area contributed by atoms with E-state index in [2.05, 4.69) is 32.7 Å². The number of aromatic nitrogens is 2. The standard InChI is InChI=1S/C22H18F2N4/c23-16-10-11-20(18(24)14-16)27-22-26-19-9-5-4-8-17(19)21(28-22)25-13-12-15-6-2-1-3-7-15/h1-11,14H,12-13H2,(H2,25,26,27,28). The smallest absolute Gasteiger partial charge is 0.229 e. The molecule has 0 saturated carbocycles. The minimum atomic E-state index is -0.699. The van der Waals surface area contributed by atoms with E-state index in [4.69, 9.17) is 0 Å². The summed E-state index contributed by atoms with van der Waals surface area (Å²) in [6, 6.07) is 21.1. The maximum absolute atomic E-state index is 14.0. The third-order valence-corrected chi connectivity index (χ3v) is 4.33. The van der Waals surface area contributed by atoms with Gasteiger partial charge in [-0.15, -0.1) is 0 Å². The summed E-state index contributed by atoms with van der Waals surface area (Å²) >= 11 is 0. The number of nitrogens with one attached hydrogen (secondary N) is 2. The summed E-state index contributed by atoms with van der Waals surface area (Å²) in [7, 11) is 0. The predicted octanol–water partition coefficient (Wildman–Crippen LogP) is 5.31. The average Bonchev–Trinajstić information content (AvgIpc) is 2.71. The molecule has 0 aliphatic heterocycles. The van der Waals surface area contributed by atoms with Crippen LogP contribution in [-0.4, -0.2) is 16.5 Å². The average molecular weight is 376 g/mol. The molecule has 3 aromatic carbocycles. The zero-order valence-electron chi connectivity index (χ0n) is 15.0. The monoisotopic (exact) mass is 376 g/mol. The lowest BCUT2D eigenvalue weighted by Crippen LogP contribution is -2.09. The Kier molecular flexibility index (Phi) is 5.10. The Hall–Kier alpha value is -3.54. The molecule has 1 heterocycles. The van der Waals surface area contributed by atoms with Crippen molar-refractivity contribution >= 4 is 28.4 Å². The molecule has 2 N–H and O–H groups in total. The van der Waals surface area contributed by atoms with Crippen molar-refractivity contribution in [3.05, 3.63) is 90.0 Å². The largest absolute Gasteiger partial charge is 0.369 e. The Morgan fingerprint density at radius 3 is 2.43 bits per heavy atom. The molecule has 4 aromatic rings. The minimum absolute atomic E-state index is 0.118. The van der Waals surface area contributed by atoms with Crippen molar-refractivity contribution in [1.82, 2.24) is 9.97 Å². The summed E-state index contributed by atoms with van der Waals surface area (Å²) in [5.41, 5.74) is 2.07. The van der Waals surface area contributed by atoms with Gasteiger partial charge in [-0.05, 0) is 36.2 Å². The van der Waals surface area contributed by atoms with Gasteiger partial charge < -0.3 is 10.6 Å². The number of rotatable bonds is 6. The lowest BCUT2D eigenvalue weighted by Gasteiger charge is -2.12. The number of halogens is 2. The van der Waals surface area contributed by atoms with Gasteiger partial charge in [0.2, 0.25) is 5.95 Å². The number of para-hydroxylation sites is 1. The third kappa shape index (κ3) is 4.06. The Morgan fingerprint density at radius 2 is 1.61 bits per heavy atom. The van der Waals surface area contributed by atoms with E-state index in [1.165, 1.54) is 17.7 Å². The van der Waals surface area contributed by atoms with Crippen LogP contribution in [0.4, 0.5) is 26.2 Å². The van der Waals surface area contributed by atoms with Crippen molar-refractivity contribution in [3.63, 3.8) is 0 Å². The van der Waals surface area contributed by atoms with Crippen molar-refractivity contribution < 1.29 is 8.78 Å². The summed E-state index contributed by atoms with van der Waals surface area (Å²) in [5, 5.41) is 7.05. The van der Waals surface area contributed by atoms with Crippen LogP contribution in [0.3, 0.4) is 0 Å². The highest BCUT2D eigenvalue weighted by molar-refractivity contribution is 5.90. The van der Waals surface area contributed by atoms with E-state index in [1.807, 2.05) is 42.5 Å². The molecule has 140 valence electrons. The van der Waals surface area contributed by atoms with Gasteiger partial charge in [0.05, 0.1) is 11.2 Å². The van der Waals surface area contributed by atoms with Crippen LogP contribution in [0.25, 0.3) is 10.9 Å². The third-order valence-electron chi connectivity index (χ3n) is 4.33. The summed E-state index contributed by atoms with van der Waals surface area (Å²) < 4.78 is 27.1. The molecule has 0 atom stereocenters. The molecular weight excluding hydrogens is 358 g/mol. The van der Waals surface area contributed by atoms with Crippen LogP contribution in [0.2, 0.25) is 0 Å².